The van der Waals surface area contributed by atoms with E-state index in [1.807, 2.05) is 12.1 Å². The summed E-state index contributed by atoms with van der Waals surface area (Å²) in [6, 6.07) is 13.5. The number of hydrogen-bond donors (Lipinski definition) is 2. The molecule has 0 saturated carbocycles. The summed E-state index contributed by atoms with van der Waals surface area (Å²) in [5.74, 6) is -0.182. The van der Waals surface area contributed by atoms with E-state index in [9.17, 15) is 9.18 Å². The molecule has 1 heterocycles. The molecule has 0 spiro atoms. The summed E-state index contributed by atoms with van der Waals surface area (Å²) in [5, 5.41) is 10.8. The van der Waals surface area contributed by atoms with Crippen molar-refractivity contribution in [2.45, 2.75) is 19.8 Å². The van der Waals surface area contributed by atoms with Crippen LogP contribution in [0.3, 0.4) is 0 Å². The Bertz CT molecular complexity index is 912. The summed E-state index contributed by atoms with van der Waals surface area (Å²) >= 11 is 0. The minimum atomic E-state index is -0.303. The monoisotopic (exact) mass is 350 g/mol. The molecule has 1 amide bonds. The van der Waals surface area contributed by atoms with Crippen LogP contribution in [0.2, 0.25) is 0 Å². The molecule has 26 heavy (non-hydrogen) atoms. The molecule has 5 nitrogen and oxygen atoms in total. The van der Waals surface area contributed by atoms with Gasteiger partial charge in [-0.1, -0.05) is 38.1 Å². The van der Waals surface area contributed by atoms with Crippen LogP contribution < -0.4 is 5.43 Å². The first-order valence-corrected chi connectivity index (χ1v) is 8.27. The van der Waals surface area contributed by atoms with E-state index in [-0.39, 0.29) is 11.7 Å². The summed E-state index contributed by atoms with van der Waals surface area (Å²) < 4.78 is 13.1. The van der Waals surface area contributed by atoms with Gasteiger partial charge in [0.05, 0.1) is 18.1 Å². The summed E-state index contributed by atoms with van der Waals surface area (Å²) in [6.07, 6.45) is 3.10. The third-order valence-corrected chi connectivity index (χ3v) is 4.02. The average Bonchev–Trinajstić information content (AvgIpc) is 3.11. The van der Waals surface area contributed by atoms with E-state index in [0.717, 1.165) is 11.1 Å². The molecule has 0 radical (unpaired) electrons. The van der Waals surface area contributed by atoms with Gasteiger partial charge in [-0.15, -0.1) is 0 Å². The second-order valence-corrected chi connectivity index (χ2v) is 6.18. The van der Waals surface area contributed by atoms with Crippen LogP contribution in [0.4, 0.5) is 4.39 Å². The highest BCUT2D eigenvalue weighted by atomic mass is 19.1. The molecule has 3 rings (SSSR count). The van der Waals surface area contributed by atoms with E-state index in [4.69, 9.17) is 0 Å². The first kappa shape index (κ1) is 17.5. The Hall–Kier alpha value is -3.28. The number of amides is 1. The number of nitrogens with zero attached hydrogens (tertiary/aromatic N) is 2. The first-order chi connectivity index (χ1) is 12.5. The lowest BCUT2D eigenvalue weighted by atomic mass is 10.0. The molecular formula is C20H19FN4O. The largest absolute Gasteiger partial charge is 0.276 e. The first-order valence-electron chi connectivity index (χ1n) is 8.27. The van der Waals surface area contributed by atoms with Gasteiger partial charge in [0.2, 0.25) is 0 Å². The number of carbonyl (C=O) groups excluding carboxylic acids is 1. The fraction of sp³-hybridized carbons (Fsp3) is 0.150. The Morgan fingerprint density at radius 3 is 2.50 bits per heavy atom. The van der Waals surface area contributed by atoms with Gasteiger partial charge in [-0.25, -0.2) is 9.82 Å². The molecule has 2 N–H and O–H groups in total. The summed E-state index contributed by atoms with van der Waals surface area (Å²) in [7, 11) is 0. The van der Waals surface area contributed by atoms with Crippen molar-refractivity contribution in [3.05, 3.63) is 77.4 Å². The highest BCUT2D eigenvalue weighted by Gasteiger charge is 2.08. The fourth-order valence-electron chi connectivity index (χ4n) is 2.49. The Kier molecular flexibility index (Phi) is 5.22. The number of hydrazone groups is 1. The number of aromatic amines is 1. The quantitative estimate of drug-likeness (QED) is 0.537. The van der Waals surface area contributed by atoms with E-state index >= 15 is 0 Å². The lowest BCUT2D eigenvalue weighted by Crippen LogP contribution is -2.17. The van der Waals surface area contributed by atoms with E-state index in [1.165, 1.54) is 23.9 Å². The van der Waals surface area contributed by atoms with Gasteiger partial charge < -0.3 is 0 Å². The standard InChI is InChI=1S/C20H19FN4O/c1-13(2)14-3-5-16(6-4-14)20(26)25-23-12-19-18(11-22-24-19)15-7-9-17(21)10-8-15/h3-13H,1-2H3,(H,22,24)(H,25,26). The number of nitrogens with one attached hydrogen (secondary N) is 2. The number of aromatic nitrogens is 2. The molecule has 0 aliphatic heterocycles. The zero-order valence-corrected chi connectivity index (χ0v) is 14.5. The third-order valence-electron chi connectivity index (χ3n) is 4.02. The van der Waals surface area contributed by atoms with Crippen molar-refractivity contribution in [3.63, 3.8) is 0 Å². The molecule has 1 aromatic heterocycles. The summed E-state index contributed by atoms with van der Waals surface area (Å²) in [6.45, 7) is 4.20. The summed E-state index contributed by atoms with van der Waals surface area (Å²) in [5.41, 5.74) is 6.39. The predicted molar refractivity (Wildman–Crippen MR) is 99.6 cm³/mol. The second kappa shape index (κ2) is 7.74. The van der Waals surface area contributed by atoms with Crippen molar-refractivity contribution in [1.29, 1.82) is 0 Å². The maximum Gasteiger partial charge on any atom is 0.271 e. The lowest BCUT2D eigenvalue weighted by molar-refractivity contribution is 0.0955. The van der Waals surface area contributed by atoms with Crippen LogP contribution in [0.5, 0.6) is 0 Å². The van der Waals surface area contributed by atoms with Gasteiger partial charge in [0.15, 0.2) is 0 Å². The third kappa shape index (κ3) is 4.03. The average molecular weight is 350 g/mol. The van der Waals surface area contributed by atoms with Gasteiger partial charge in [-0.05, 0) is 41.3 Å². The van der Waals surface area contributed by atoms with E-state index in [1.54, 1.807) is 30.5 Å². The van der Waals surface area contributed by atoms with Crippen LogP contribution >= 0.6 is 0 Å². The Morgan fingerprint density at radius 2 is 1.85 bits per heavy atom. The van der Waals surface area contributed by atoms with Crippen LogP contribution in [-0.4, -0.2) is 22.3 Å². The van der Waals surface area contributed by atoms with Crippen LogP contribution in [0.1, 0.15) is 41.4 Å². The Labute approximate surface area is 151 Å². The second-order valence-electron chi connectivity index (χ2n) is 6.18. The number of hydrogen-bond acceptors (Lipinski definition) is 3. The van der Waals surface area contributed by atoms with Crippen LogP contribution in [0, 0.1) is 5.82 Å². The van der Waals surface area contributed by atoms with Gasteiger partial charge >= 0.3 is 0 Å². The van der Waals surface area contributed by atoms with Crippen molar-refractivity contribution >= 4 is 12.1 Å². The van der Waals surface area contributed by atoms with Crippen molar-refractivity contribution < 1.29 is 9.18 Å². The molecule has 0 fully saturated rings. The molecule has 132 valence electrons. The van der Waals surface area contributed by atoms with E-state index < -0.39 is 0 Å². The Balaban J connectivity index is 1.68. The molecule has 2 aromatic carbocycles. The maximum atomic E-state index is 13.1. The van der Waals surface area contributed by atoms with Crippen LogP contribution in [0.25, 0.3) is 11.1 Å². The van der Waals surface area contributed by atoms with Crippen molar-refractivity contribution in [2.75, 3.05) is 0 Å². The number of carbonyl (C=O) groups is 1. The fourth-order valence-corrected chi connectivity index (χ4v) is 2.49. The molecule has 3 aromatic rings. The topological polar surface area (TPSA) is 70.1 Å². The minimum Gasteiger partial charge on any atom is -0.276 e. The van der Waals surface area contributed by atoms with E-state index in [2.05, 4.69) is 34.6 Å². The molecule has 0 aliphatic rings. The van der Waals surface area contributed by atoms with Crippen molar-refractivity contribution in [1.82, 2.24) is 15.6 Å². The predicted octanol–water partition coefficient (Wildman–Crippen LogP) is 4.10. The number of halogens is 1. The molecule has 6 heteroatoms. The molecule has 0 atom stereocenters. The molecule has 0 saturated heterocycles. The molecule has 0 unspecified atom stereocenters. The van der Waals surface area contributed by atoms with Crippen molar-refractivity contribution in [2.24, 2.45) is 5.10 Å². The molecule has 0 bridgehead atoms. The van der Waals surface area contributed by atoms with Gasteiger partial charge in [-0.2, -0.15) is 10.2 Å². The van der Waals surface area contributed by atoms with Gasteiger partial charge in [0.1, 0.15) is 5.82 Å². The number of rotatable bonds is 5. The smallest absolute Gasteiger partial charge is 0.271 e. The zero-order chi connectivity index (χ0) is 18.5. The maximum absolute atomic E-state index is 13.1. The highest BCUT2D eigenvalue weighted by molar-refractivity contribution is 5.95. The molecule has 0 aliphatic carbocycles. The lowest BCUT2D eigenvalue weighted by Gasteiger charge is -2.06. The number of H-pyrrole nitrogens is 1. The normalized spacial score (nSPS) is 11.2. The SMILES string of the molecule is CC(C)c1ccc(C(=O)NN=Cc2[nH]ncc2-c2ccc(F)cc2)cc1. The van der Waals surface area contributed by atoms with Gasteiger partial charge in [0, 0.05) is 11.1 Å². The van der Waals surface area contributed by atoms with E-state index in [0.29, 0.717) is 17.2 Å². The molecular weight excluding hydrogens is 331 g/mol. The van der Waals surface area contributed by atoms with Crippen LogP contribution in [0.15, 0.2) is 59.8 Å². The summed E-state index contributed by atoms with van der Waals surface area (Å²) in [4.78, 5) is 12.2. The van der Waals surface area contributed by atoms with Gasteiger partial charge in [0.25, 0.3) is 5.91 Å². The van der Waals surface area contributed by atoms with Crippen LogP contribution in [-0.2, 0) is 0 Å². The van der Waals surface area contributed by atoms with Gasteiger partial charge in [-0.3, -0.25) is 9.89 Å². The van der Waals surface area contributed by atoms with Crippen molar-refractivity contribution in [3.8, 4) is 11.1 Å². The minimum absolute atomic E-state index is 0.292. The Morgan fingerprint density at radius 1 is 1.15 bits per heavy atom. The zero-order valence-electron chi connectivity index (χ0n) is 14.5. The highest BCUT2D eigenvalue weighted by Crippen LogP contribution is 2.21. The number of benzene rings is 2.